The lowest BCUT2D eigenvalue weighted by Crippen LogP contribution is -2.17. The highest BCUT2D eigenvalue weighted by Crippen LogP contribution is 2.29. The highest BCUT2D eigenvalue weighted by Gasteiger charge is 2.31. The van der Waals surface area contributed by atoms with Gasteiger partial charge in [-0.3, -0.25) is 4.79 Å². The number of carbonyl (C=O) groups is 1. The van der Waals surface area contributed by atoms with Crippen LogP contribution in [0.25, 0.3) is 11.3 Å². The van der Waals surface area contributed by atoms with Gasteiger partial charge in [-0.15, -0.1) is 13.2 Å². The first-order chi connectivity index (χ1) is 14.2. The molecule has 3 N–H and O–H groups in total. The molecule has 0 spiro atoms. The Bertz CT molecular complexity index is 1050. The third-order valence-electron chi connectivity index (χ3n) is 3.60. The fraction of sp³-hybridized carbons (Fsp3) is 0.105. The van der Waals surface area contributed by atoms with Gasteiger partial charge in [0.2, 0.25) is 5.95 Å². The van der Waals surface area contributed by atoms with Gasteiger partial charge >= 0.3 is 12.3 Å². The molecule has 0 aliphatic heterocycles. The number of anilines is 3. The Morgan fingerprint density at radius 3 is 2.50 bits per heavy atom. The third kappa shape index (κ3) is 6.24. The van der Waals surface area contributed by atoms with Gasteiger partial charge < -0.3 is 20.5 Å². The van der Waals surface area contributed by atoms with Crippen LogP contribution in [-0.2, 0) is 4.79 Å². The maximum Gasteiger partial charge on any atom is 0.573 e. The summed E-state index contributed by atoms with van der Waals surface area (Å²) in [5.74, 6) is -1.27. The van der Waals surface area contributed by atoms with Crippen molar-refractivity contribution >= 4 is 35.0 Å². The lowest BCUT2D eigenvalue weighted by atomic mass is 10.1. The zero-order chi connectivity index (χ0) is 21.7. The smallest absolute Gasteiger partial charge is 0.480 e. The molecule has 30 heavy (non-hydrogen) atoms. The molecule has 1 heterocycles. The molecule has 0 unspecified atom stereocenters. The number of ether oxygens (including phenoxy) is 1. The van der Waals surface area contributed by atoms with E-state index >= 15 is 0 Å². The normalized spacial score (nSPS) is 11.1. The van der Waals surface area contributed by atoms with Crippen LogP contribution >= 0.6 is 11.6 Å². The van der Waals surface area contributed by atoms with Gasteiger partial charge in [0.05, 0.1) is 5.69 Å². The van der Waals surface area contributed by atoms with Crippen LogP contribution in [0.5, 0.6) is 5.75 Å². The fourth-order valence-electron chi connectivity index (χ4n) is 2.43. The summed E-state index contributed by atoms with van der Waals surface area (Å²) >= 11 is 5.87. The summed E-state index contributed by atoms with van der Waals surface area (Å²) in [5.41, 5.74) is 1.21. The van der Waals surface area contributed by atoms with Crippen molar-refractivity contribution in [2.75, 3.05) is 17.2 Å². The minimum absolute atomic E-state index is 0.0199. The topological polar surface area (TPSA) is 96.4 Å². The number of aliphatic carboxylic acids is 1. The fourth-order valence-corrected chi connectivity index (χ4v) is 2.55. The first-order valence-corrected chi connectivity index (χ1v) is 8.79. The van der Waals surface area contributed by atoms with E-state index in [-0.39, 0.29) is 17.5 Å². The molecular formula is C19H14ClF3N4O3. The van der Waals surface area contributed by atoms with Crippen molar-refractivity contribution in [3.8, 4) is 17.0 Å². The van der Waals surface area contributed by atoms with Crippen molar-refractivity contribution < 1.29 is 27.8 Å². The monoisotopic (exact) mass is 438 g/mol. The van der Waals surface area contributed by atoms with Gasteiger partial charge in [0, 0.05) is 22.3 Å². The number of nitrogens with zero attached hydrogens (tertiary/aromatic N) is 2. The van der Waals surface area contributed by atoms with Gasteiger partial charge in [-0.1, -0.05) is 23.7 Å². The van der Waals surface area contributed by atoms with Crippen molar-refractivity contribution in [2.45, 2.75) is 6.36 Å². The molecule has 0 aliphatic carbocycles. The molecule has 0 fully saturated rings. The number of alkyl halides is 3. The van der Waals surface area contributed by atoms with E-state index in [4.69, 9.17) is 16.7 Å². The first kappa shape index (κ1) is 21.2. The molecule has 11 heteroatoms. The third-order valence-corrected chi connectivity index (χ3v) is 3.86. The second-order valence-corrected chi connectivity index (χ2v) is 6.35. The van der Waals surface area contributed by atoms with E-state index in [1.54, 1.807) is 30.3 Å². The molecular weight excluding hydrogens is 425 g/mol. The predicted molar refractivity (Wildman–Crippen MR) is 105 cm³/mol. The van der Waals surface area contributed by atoms with Gasteiger partial charge in [0.15, 0.2) is 0 Å². The largest absolute Gasteiger partial charge is 0.573 e. The van der Waals surface area contributed by atoms with Crippen LogP contribution in [0.3, 0.4) is 0 Å². The molecule has 0 amide bonds. The predicted octanol–water partition coefficient (Wildman–Crippen LogP) is 4.94. The Hall–Kier alpha value is -3.53. The van der Waals surface area contributed by atoms with Gasteiger partial charge in [0.25, 0.3) is 0 Å². The number of rotatable bonds is 7. The minimum atomic E-state index is -4.83. The van der Waals surface area contributed by atoms with E-state index in [1.165, 1.54) is 18.2 Å². The number of carboxylic acids is 1. The Kier molecular flexibility index (Phi) is 6.26. The summed E-state index contributed by atoms with van der Waals surface area (Å²) in [6.45, 7) is -0.443. The highest BCUT2D eigenvalue weighted by atomic mass is 35.5. The molecule has 156 valence electrons. The van der Waals surface area contributed by atoms with Gasteiger partial charge in [0.1, 0.15) is 18.1 Å². The van der Waals surface area contributed by atoms with Crippen LogP contribution in [0, 0.1) is 0 Å². The summed E-state index contributed by atoms with van der Waals surface area (Å²) in [6, 6.07) is 13.5. The molecule has 3 rings (SSSR count). The van der Waals surface area contributed by atoms with Gasteiger partial charge in [-0.25, -0.2) is 4.98 Å². The summed E-state index contributed by atoms with van der Waals surface area (Å²) in [4.78, 5) is 19.2. The van der Waals surface area contributed by atoms with Crippen molar-refractivity contribution in [1.82, 2.24) is 9.97 Å². The van der Waals surface area contributed by atoms with E-state index in [2.05, 4.69) is 25.3 Å². The zero-order valence-electron chi connectivity index (χ0n) is 15.1. The summed E-state index contributed by atoms with van der Waals surface area (Å²) in [5, 5.41) is 15.0. The molecule has 7 nitrogen and oxygen atoms in total. The minimum Gasteiger partial charge on any atom is -0.480 e. The Morgan fingerprint density at radius 1 is 1.10 bits per heavy atom. The maximum absolute atomic E-state index is 12.5. The molecule has 0 radical (unpaired) electrons. The van der Waals surface area contributed by atoms with Crippen LogP contribution in [0.4, 0.5) is 30.6 Å². The van der Waals surface area contributed by atoms with Crippen molar-refractivity contribution in [2.24, 2.45) is 0 Å². The first-order valence-electron chi connectivity index (χ1n) is 8.41. The van der Waals surface area contributed by atoms with Crippen molar-refractivity contribution in [1.29, 1.82) is 0 Å². The molecule has 0 atom stereocenters. The Balaban J connectivity index is 1.96. The zero-order valence-corrected chi connectivity index (χ0v) is 15.8. The average molecular weight is 439 g/mol. The molecule has 0 saturated heterocycles. The molecule has 0 bridgehead atoms. The number of carboxylic acid groups (broad SMARTS) is 1. The number of hydrogen-bond acceptors (Lipinski definition) is 6. The summed E-state index contributed by atoms with van der Waals surface area (Å²) in [7, 11) is 0. The number of halogens is 4. The van der Waals surface area contributed by atoms with Crippen LogP contribution < -0.4 is 15.4 Å². The summed E-state index contributed by atoms with van der Waals surface area (Å²) in [6.07, 6.45) is -4.83. The Labute approximate surface area is 173 Å². The van der Waals surface area contributed by atoms with Crippen molar-refractivity contribution in [3.63, 3.8) is 0 Å². The average Bonchev–Trinajstić information content (AvgIpc) is 2.67. The standard InChI is InChI=1S/C19H14ClF3N4O3/c20-12-4-6-13(7-5-12)25-16-9-15(26-18(27-16)24-10-17(28)29)11-2-1-3-14(8-11)30-19(21,22)23/h1-9H,10H2,(H,28,29)(H2,24,25,26,27). The molecule has 3 aromatic rings. The summed E-state index contributed by atoms with van der Waals surface area (Å²) < 4.78 is 41.5. The number of nitrogens with one attached hydrogen (secondary N) is 2. The molecule has 0 aliphatic rings. The lowest BCUT2D eigenvalue weighted by molar-refractivity contribution is -0.274. The van der Waals surface area contributed by atoms with E-state index < -0.39 is 24.6 Å². The van der Waals surface area contributed by atoms with E-state index in [1.807, 2.05) is 0 Å². The molecule has 2 aromatic carbocycles. The van der Waals surface area contributed by atoms with Crippen LogP contribution in [0.2, 0.25) is 5.02 Å². The second kappa shape index (κ2) is 8.87. The SMILES string of the molecule is O=C(O)CNc1nc(Nc2ccc(Cl)cc2)cc(-c2cccc(OC(F)(F)F)c2)n1. The number of hydrogen-bond donors (Lipinski definition) is 3. The van der Waals surface area contributed by atoms with Gasteiger partial charge in [-0.2, -0.15) is 4.98 Å². The quantitative estimate of drug-likeness (QED) is 0.481. The molecule has 1 aromatic heterocycles. The number of aromatic nitrogens is 2. The van der Waals surface area contributed by atoms with E-state index in [9.17, 15) is 18.0 Å². The van der Waals surface area contributed by atoms with Crippen LogP contribution in [0.15, 0.2) is 54.6 Å². The van der Waals surface area contributed by atoms with Crippen molar-refractivity contribution in [3.05, 3.63) is 59.6 Å². The van der Waals surface area contributed by atoms with Crippen LogP contribution in [0.1, 0.15) is 0 Å². The van der Waals surface area contributed by atoms with Crippen LogP contribution in [-0.4, -0.2) is 34.0 Å². The Morgan fingerprint density at radius 2 is 1.83 bits per heavy atom. The number of benzene rings is 2. The van der Waals surface area contributed by atoms with E-state index in [0.29, 0.717) is 16.3 Å². The highest BCUT2D eigenvalue weighted by molar-refractivity contribution is 6.30. The van der Waals surface area contributed by atoms with Gasteiger partial charge in [-0.05, 0) is 36.4 Å². The maximum atomic E-state index is 12.5. The lowest BCUT2D eigenvalue weighted by Gasteiger charge is -2.12. The van der Waals surface area contributed by atoms with E-state index in [0.717, 1.165) is 6.07 Å². The second-order valence-electron chi connectivity index (χ2n) is 5.92. The molecule has 0 saturated carbocycles.